The fourth-order valence-electron chi connectivity index (χ4n) is 3.37. The Morgan fingerprint density at radius 2 is 1.63 bits per heavy atom. The Balaban J connectivity index is 1.87. The van der Waals surface area contributed by atoms with Crippen molar-refractivity contribution in [3.63, 3.8) is 0 Å². The van der Waals surface area contributed by atoms with E-state index in [0.29, 0.717) is 11.8 Å². The molecule has 2 aliphatic rings. The van der Waals surface area contributed by atoms with Crippen molar-refractivity contribution in [2.75, 3.05) is 26.2 Å². The third kappa shape index (κ3) is 3.71. The number of hydrogen-bond donors (Lipinski definition) is 0. The van der Waals surface area contributed by atoms with Gasteiger partial charge in [-0.25, -0.2) is 0 Å². The molecule has 3 heteroatoms. The van der Waals surface area contributed by atoms with Crippen LogP contribution in [-0.4, -0.2) is 47.9 Å². The van der Waals surface area contributed by atoms with Crippen molar-refractivity contribution in [2.24, 2.45) is 11.8 Å². The van der Waals surface area contributed by atoms with Crippen LogP contribution in [0.15, 0.2) is 0 Å². The van der Waals surface area contributed by atoms with Gasteiger partial charge in [-0.05, 0) is 25.2 Å². The number of amides is 1. The molecular formula is C16H30N2O. The van der Waals surface area contributed by atoms with Crippen LogP contribution in [0.5, 0.6) is 0 Å². The van der Waals surface area contributed by atoms with Crippen LogP contribution in [0.3, 0.4) is 0 Å². The van der Waals surface area contributed by atoms with Gasteiger partial charge in [0.25, 0.3) is 0 Å². The molecule has 3 nitrogen and oxygen atoms in total. The van der Waals surface area contributed by atoms with Crippen LogP contribution in [0, 0.1) is 11.8 Å². The Kier molecular flexibility index (Phi) is 5.26. The van der Waals surface area contributed by atoms with Gasteiger partial charge >= 0.3 is 0 Å². The second-order valence-corrected chi connectivity index (χ2v) is 6.69. The van der Waals surface area contributed by atoms with E-state index in [9.17, 15) is 4.79 Å². The Morgan fingerprint density at radius 3 is 2.26 bits per heavy atom. The molecule has 1 aliphatic heterocycles. The first-order valence-electron chi connectivity index (χ1n) is 8.12. The third-order valence-electron chi connectivity index (χ3n) is 5.07. The summed E-state index contributed by atoms with van der Waals surface area (Å²) in [7, 11) is 0. The summed E-state index contributed by atoms with van der Waals surface area (Å²) in [6, 6.07) is 0.803. The van der Waals surface area contributed by atoms with Crippen LogP contribution in [0.25, 0.3) is 0 Å². The van der Waals surface area contributed by atoms with E-state index >= 15 is 0 Å². The van der Waals surface area contributed by atoms with Crippen molar-refractivity contribution in [1.29, 1.82) is 0 Å². The molecule has 1 unspecified atom stereocenters. The van der Waals surface area contributed by atoms with Crippen LogP contribution in [0.2, 0.25) is 0 Å². The summed E-state index contributed by atoms with van der Waals surface area (Å²) in [5.41, 5.74) is 0. The Bertz CT molecular complexity index is 297. The highest BCUT2D eigenvalue weighted by Gasteiger charge is 2.28. The third-order valence-corrected chi connectivity index (χ3v) is 5.07. The summed E-state index contributed by atoms with van der Waals surface area (Å²) in [6.07, 6.45) is 6.68. The normalized spacial score (nSPS) is 24.7. The lowest BCUT2D eigenvalue weighted by molar-refractivity contribution is -0.136. The lowest BCUT2D eigenvalue weighted by Crippen LogP contribution is -2.41. The summed E-state index contributed by atoms with van der Waals surface area (Å²) >= 11 is 0. The number of rotatable bonds is 3. The van der Waals surface area contributed by atoms with Gasteiger partial charge in [-0.2, -0.15) is 0 Å². The van der Waals surface area contributed by atoms with Gasteiger partial charge < -0.3 is 4.90 Å². The van der Waals surface area contributed by atoms with Crippen molar-refractivity contribution in [3.05, 3.63) is 0 Å². The zero-order chi connectivity index (χ0) is 13.8. The Hall–Kier alpha value is -0.570. The van der Waals surface area contributed by atoms with E-state index < -0.39 is 0 Å². The molecule has 110 valence electrons. The highest BCUT2D eigenvalue weighted by molar-refractivity contribution is 5.78. The van der Waals surface area contributed by atoms with E-state index in [0.717, 1.165) is 32.1 Å². The summed E-state index contributed by atoms with van der Waals surface area (Å²) < 4.78 is 0. The smallest absolute Gasteiger partial charge is 0.225 e. The molecule has 0 aromatic heterocycles. The number of carbonyl (C=O) groups excluding carboxylic acids is 1. The number of carbonyl (C=O) groups is 1. The summed E-state index contributed by atoms with van der Waals surface area (Å²) in [5, 5.41) is 0. The minimum Gasteiger partial charge on any atom is -0.341 e. The molecule has 2 fully saturated rings. The summed E-state index contributed by atoms with van der Waals surface area (Å²) in [5.74, 6) is 0.975. The molecule has 0 spiro atoms. The lowest BCUT2D eigenvalue weighted by Gasteiger charge is -2.28. The van der Waals surface area contributed by atoms with E-state index in [1.165, 1.54) is 32.2 Å². The maximum absolute atomic E-state index is 12.4. The predicted octanol–water partition coefficient (Wildman–Crippen LogP) is 2.76. The first-order chi connectivity index (χ1) is 9.09. The van der Waals surface area contributed by atoms with Crippen molar-refractivity contribution in [3.8, 4) is 0 Å². The maximum atomic E-state index is 12.4. The summed E-state index contributed by atoms with van der Waals surface area (Å²) in [6.45, 7) is 10.5. The second kappa shape index (κ2) is 6.74. The van der Waals surface area contributed by atoms with Crippen molar-refractivity contribution >= 4 is 5.91 Å². The van der Waals surface area contributed by atoms with E-state index in [1.54, 1.807) is 0 Å². The lowest BCUT2D eigenvalue weighted by atomic mass is 9.96. The van der Waals surface area contributed by atoms with Crippen molar-refractivity contribution in [2.45, 2.75) is 58.9 Å². The van der Waals surface area contributed by atoms with Gasteiger partial charge in [-0.3, -0.25) is 9.69 Å². The molecular weight excluding hydrogens is 236 g/mol. The molecule has 1 aliphatic carbocycles. The van der Waals surface area contributed by atoms with Gasteiger partial charge in [0, 0.05) is 38.1 Å². The van der Waals surface area contributed by atoms with Crippen LogP contribution in [-0.2, 0) is 4.79 Å². The molecule has 0 radical (unpaired) electrons. The predicted molar refractivity (Wildman–Crippen MR) is 79.0 cm³/mol. The van der Waals surface area contributed by atoms with Crippen LogP contribution in [0.1, 0.15) is 52.9 Å². The van der Waals surface area contributed by atoms with E-state index in [1.807, 2.05) is 0 Å². The van der Waals surface area contributed by atoms with Gasteiger partial charge in [-0.1, -0.05) is 33.6 Å². The standard InChI is InChI=1S/C16H30N2O/c1-13(2)14(3)16(19)18-10-6-9-17(11-12-18)15-7-4-5-8-15/h13-15H,4-12H2,1-3H3. The first kappa shape index (κ1) is 14.8. The molecule has 1 amide bonds. The Morgan fingerprint density at radius 1 is 0.947 bits per heavy atom. The fourth-order valence-corrected chi connectivity index (χ4v) is 3.37. The average molecular weight is 266 g/mol. The maximum Gasteiger partial charge on any atom is 0.225 e. The monoisotopic (exact) mass is 266 g/mol. The summed E-state index contributed by atoms with van der Waals surface area (Å²) in [4.78, 5) is 17.2. The molecule has 0 aromatic carbocycles. The van der Waals surface area contributed by atoms with E-state index in [-0.39, 0.29) is 5.92 Å². The van der Waals surface area contributed by atoms with Crippen LogP contribution in [0.4, 0.5) is 0 Å². The fraction of sp³-hybridized carbons (Fsp3) is 0.938. The van der Waals surface area contributed by atoms with Crippen molar-refractivity contribution in [1.82, 2.24) is 9.80 Å². The van der Waals surface area contributed by atoms with Gasteiger partial charge in [0.05, 0.1) is 0 Å². The number of hydrogen-bond acceptors (Lipinski definition) is 2. The highest BCUT2D eigenvalue weighted by Crippen LogP contribution is 2.24. The van der Waals surface area contributed by atoms with Crippen LogP contribution < -0.4 is 0 Å². The van der Waals surface area contributed by atoms with Gasteiger partial charge in [0.2, 0.25) is 5.91 Å². The molecule has 0 bridgehead atoms. The Labute approximate surface area is 118 Å². The molecule has 0 aromatic rings. The largest absolute Gasteiger partial charge is 0.341 e. The SMILES string of the molecule is CC(C)C(C)C(=O)N1CCCN(C2CCCC2)CC1. The van der Waals surface area contributed by atoms with Gasteiger partial charge in [0.15, 0.2) is 0 Å². The minimum absolute atomic E-state index is 0.165. The molecule has 2 rings (SSSR count). The zero-order valence-electron chi connectivity index (χ0n) is 12.9. The average Bonchev–Trinajstić information content (AvgIpc) is 2.81. The molecule has 1 saturated heterocycles. The number of nitrogens with zero attached hydrogens (tertiary/aromatic N) is 2. The topological polar surface area (TPSA) is 23.6 Å². The van der Waals surface area contributed by atoms with Gasteiger partial charge in [0.1, 0.15) is 0 Å². The zero-order valence-corrected chi connectivity index (χ0v) is 12.9. The first-order valence-corrected chi connectivity index (χ1v) is 8.12. The van der Waals surface area contributed by atoms with E-state index in [4.69, 9.17) is 0 Å². The minimum atomic E-state index is 0.165. The van der Waals surface area contributed by atoms with Gasteiger partial charge in [-0.15, -0.1) is 0 Å². The molecule has 0 N–H and O–H groups in total. The molecule has 1 atom stereocenters. The van der Waals surface area contributed by atoms with Crippen molar-refractivity contribution < 1.29 is 4.79 Å². The second-order valence-electron chi connectivity index (χ2n) is 6.69. The molecule has 19 heavy (non-hydrogen) atoms. The quantitative estimate of drug-likeness (QED) is 0.784. The molecule has 1 saturated carbocycles. The van der Waals surface area contributed by atoms with E-state index in [2.05, 4.69) is 30.6 Å². The highest BCUT2D eigenvalue weighted by atomic mass is 16.2. The molecule has 1 heterocycles. The van der Waals surface area contributed by atoms with Crippen LogP contribution >= 0.6 is 0 Å².